The average molecular weight is 492 g/mol. The van der Waals surface area contributed by atoms with Crippen molar-refractivity contribution in [3.05, 3.63) is 102 Å². The molecule has 3 aromatic carbocycles. The fourth-order valence-electron chi connectivity index (χ4n) is 5.42. The van der Waals surface area contributed by atoms with Gasteiger partial charge in [0.25, 0.3) is 0 Å². The Kier molecular flexibility index (Phi) is 4.78. The Bertz CT molecular complexity index is 1690. The second kappa shape index (κ2) is 8.08. The van der Waals surface area contributed by atoms with Gasteiger partial charge in [0.2, 0.25) is 0 Å². The van der Waals surface area contributed by atoms with Gasteiger partial charge in [-0.2, -0.15) is 0 Å². The minimum Gasteiger partial charge on any atom is -0.338 e. The van der Waals surface area contributed by atoms with Gasteiger partial charge in [0.1, 0.15) is 23.2 Å². The molecule has 182 valence electrons. The van der Waals surface area contributed by atoms with Gasteiger partial charge in [-0.15, -0.1) is 0 Å². The summed E-state index contributed by atoms with van der Waals surface area (Å²) in [6, 6.07) is 23.2. The van der Waals surface area contributed by atoms with Crippen LogP contribution in [0.1, 0.15) is 24.8 Å². The van der Waals surface area contributed by atoms with Gasteiger partial charge >= 0.3 is 0 Å². The third kappa shape index (κ3) is 3.31. The highest BCUT2D eigenvalue weighted by atomic mass is 19.1. The van der Waals surface area contributed by atoms with Crippen molar-refractivity contribution in [1.29, 1.82) is 0 Å². The number of imidazole rings is 1. The number of halogens is 2. The molecule has 5 aromatic rings. The molecule has 1 fully saturated rings. The first-order chi connectivity index (χ1) is 18.0. The van der Waals surface area contributed by atoms with Gasteiger partial charge in [0, 0.05) is 34.0 Å². The van der Waals surface area contributed by atoms with Crippen LogP contribution < -0.4 is 11.1 Å². The zero-order valence-corrected chi connectivity index (χ0v) is 19.9. The maximum atomic E-state index is 15.6. The lowest BCUT2D eigenvalue weighted by atomic mass is 9.72. The number of rotatable bonds is 3. The molecule has 0 bridgehead atoms. The van der Waals surface area contributed by atoms with E-state index in [0.717, 1.165) is 36.2 Å². The molecule has 7 rings (SSSR count). The summed E-state index contributed by atoms with van der Waals surface area (Å²) in [5.74, 6) is 0.470. The zero-order chi connectivity index (χ0) is 25.1. The van der Waals surface area contributed by atoms with Crippen LogP contribution in [0.5, 0.6) is 0 Å². The second-order valence-corrected chi connectivity index (χ2v) is 9.69. The van der Waals surface area contributed by atoms with E-state index in [-0.39, 0.29) is 5.82 Å². The van der Waals surface area contributed by atoms with Crippen LogP contribution >= 0.6 is 0 Å². The van der Waals surface area contributed by atoms with Crippen LogP contribution in [0.2, 0.25) is 0 Å². The molecule has 7 heteroatoms. The molecule has 2 aromatic heterocycles. The van der Waals surface area contributed by atoms with Gasteiger partial charge in [-0.05, 0) is 61.7 Å². The molecule has 1 saturated carbocycles. The van der Waals surface area contributed by atoms with Crippen LogP contribution in [-0.2, 0) is 5.54 Å². The number of benzene rings is 3. The molecule has 0 radical (unpaired) electrons. The minimum atomic E-state index is -0.634. The summed E-state index contributed by atoms with van der Waals surface area (Å²) in [7, 11) is 0. The Labute approximate surface area is 212 Å². The van der Waals surface area contributed by atoms with Gasteiger partial charge in [-0.1, -0.05) is 36.4 Å². The van der Waals surface area contributed by atoms with E-state index in [4.69, 9.17) is 10.7 Å². The van der Waals surface area contributed by atoms with Gasteiger partial charge in [-0.3, -0.25) is 4.57 Å². The third-order valence-electron chi connectivity index (χ3n) is 7.48. The second-order valence-electron chi connectivity index (χ2n) is 9.69. The summed E-state index contributed by atoms with van der Waals surface area (Å²) in [4.78, 5) is 9.56. The highest BCUT2D eigenvalue weighted by molar-refractivity contribution is 5.91. The minimum absolute atomic E-state index is 0.340. The SMILES string of the molecule is NC1(c2ccc(-c3c(-c4ccccc4F)nc4n3-c3cccnc3Nc3ccccc3-4)cc2F)CCC1. The summed E-state index contributed by atoms with van der Waals surface area (Å²) >= 11 is 0. The lowest BCUT2D eigenvalue weighted by molar-refractivity contribution is 0.245. The number of fused-ring (bicyclic) bond motifs is 5. The van der Waals surface area contributed by atoms with E-state index in [1.807, 2.05) is 47.0 Å². The normalized spacial score (nSPS) is 15.0. The summed E-state index contributed by atoms with van der Waals surface area (Å²) in [5, 5.41) is 3.40. The molecule has 3 N–H and O–H groups in total. The molecular formula is C30H23F2N5. The summed E-state index contributed by atoms with van der Waals surface area (Å²) < 4.78 is 32.8. The van der Waals surface area contributed by atoms with E-state index in [1.165, 1.54) is 12.1 Å². The quantitative estimate of drug-likeness (QED) is 0.281. The molecule has 1 aliphatic heterocycles. The highest BCUT2D eigenvalue weighted by Crippen LogP contribution is 2.46. The van der Waals surface area contributed by atoms with Crippen LogP contribution in [0, 0.1) is 11.6 Å². The summed E-state index contributed by atoms with van der Waals surface area (Å²) in [6.07, 6.45) is 4.21. The van der Waals surface area contributed by atoms with Crippen LogP contribution in [0.25, 0.3) is 39.6 Å². The van der Waals surface area contributed by atoms with E-state index in [2.05, 4.69) is 10.3 Å². The van der Waals surface area contributed by atoms with Gasteiger partial charge < -0.3 is 11.1 Å². The number of aromatic nitrogens is 3. The number of hydrogen-bond donors (Lipinski definition) is 2. The number of nitrogens with one attached hydrogen (secondary N) is 1. The summed E-state index contributed by atoms with van der Waals surface area (Å²) in [5.41, 5.74) is 10.7. The smallest absolute Gasteiger partial charge is 0.154 e. The molecule has 0 saturated heterocycles. The van der Waals surface area contributed by atoms with Crippen LogP contribution in [0.15, 0.2) is 85.1 Å². The van der Waals surface area contributed by atoms with E-state index < -0.39 is 11.4 Å². The van der Waals surface area contributed by atoms with Gasteiger partial charge in [-0.25, -0.2) is 18.7 Å². The number of hydrogen-bond acceptors (Lipinski definition) is 4. The zero-order valence-electron chi connectivity index (χ0n) is 19.9. The fourth-order valence-corrected chi connectivity index (χ4v) is 5.42. The number of nitrogens with two attached hydrogens (primary N) is 1. The highest BCUT2D eigenvalue weighted by Gasteiger charge is 2.37. The van der Waals surface area contributed by atoms with Crippen molar-refractivity contribution in [1.82, 2.24) is 14.5 Å². The maximum Gasteiger partial charge on any atom is 0.154 e. The first kappa shape index (κ1) is 21.9. The average Bonchev–Trinajstić information content (AvgIpc) is 3.22. The van der Waals surface area contributed by atoms with E-state index >= 15 is 8.78 Å². The van der Waals surface area contributed by atoms with Crippen LogP contribution in [-0.4, -0.2) is 14.5 Å². The predicted molar refractivity (Wildman–Crippen MR) is 141 cm³/mol. The molecule has 0 unspecified atom stereocenters. The van der Waals surface area contributed by atoms with Gasteiger partial charge in [0.05, 0.1) is 17.1 Å². The number of para-hydroxylation sites is 1. The van der Waals surface area contributed by atoms with Crippen molar-refractivity contribution in [2.45, 2.75) is 24.8 Å². The molecule has 0 atom stereocenters. The lowest BCUT2D eigenvalue weighted by Gasteiger charge is -2.38. The molecular weight excluding hydrogens is 468 g/mol. The first-order valence-corrected chi connectivity index (χ1v) is 12.3. The van der Waals surface area contributed by atoms with Crippen molar-refractivity contribution >= 4 is 11.5 Å². The van der Waals surface area contributed by atoms with Crippen molar-refractivity contribution in [3.8, 4) is 39.6 Å². The Morgan fingerprint density at radius 2 is 1.65 bits per heavy atom. The Morgan fingerprint density at radius 1 is 0.865 bits per heavy atom. The van der Waals surface area contributed by atoms with Crippen molar-refractivity contribution in [2.75, 3.05) is 5.32 Å². The number of nitrogens with zero attached hydrogens (tertiary/aromatic N) is 3. The molecule has 3 heterocycles. The maximum absolute atomic E-state index is 15.6. The Balaban J connectivity index is 1.57. The summed E-state index contributed by atoms with van der Waals surface area (Å²) in [6.45, 7) is 0. The molecule has 2 aliphatic rings. The monoisotopic (exact) mass is 491 g/mol. The third-order valence-corrected chi connectivity index (χ3v) is 7.48. The first-order valence-electron chi connectivity index (χ1n) is 12.3. The van der Waals surface area contributed by atoms with Crippen molar-refractivity contribution in [2.24, 2.45) is 5.73 Å². The predicted octanol–water partition coefficient (Wildman–Crippen LogP) is 6.94. The molecule has 0 amide bonds. The largest absolute Gasteiger partial charge is 0.338 e. The lowest BCUT2D eigenvalue weighted by Crippen LogP contribution is -2.44. The van der Waals surface area contributed by atoms with Crippen LogP contribution in [0.3, 0.4) is 0 Å². The fraction of sp³-hybridized carbons (Fsp3) is 0.133. The number of anilines is 2. The van der Waals surface area contributed by atoms with Crippen molar-refractivity contribution in [3.63, 3.8) is 0 Å². The topological polar surface area (TPSA) is 68.8 Å². The standard InChI is InChI=1S/C30H23F2N5/c31-22-9-3-1-7-19(22)26-27(18-12-13-21(23(32)17-18)30(33)14-6-15-30)37-25-11-5-16-34-28(25)35-24-10-4-2-8-20(24)29(37)36-26/h1-5,7-13,16-17H,6,14-15,33H2,(H,34,35). The van der Waals surface area contributed by atoms with E-state index in [9.17, 15) is 0 Å². The molecule has 5 nitrogen and oxygen atoms in total. The van der Waals surface area contributed by atoms with Gasteiger partial charge in [0.15, 0.2) is 5.82 Å². The molecule has 37 heavy (non-hydrogen) atoms. The van der Waals surface area contributed by atoms with E-state index in [0.29, 0.717) is 39.7 Å². The molecule has 0 spiro atoms. The Hall–Kier alpha value is -4.36. The Morgan fingerprint density at radius 3 is 2.41 bits per heavy atom. The van der Waals surface area contributed by atoms with Crippen molar-refractivity contribution < 1.29 is 8.78 Å². The molecule has 1 aliphatic carbocycles. The van der Waals surface area contributed by atoms with Crippen LogP contribution in [0.4, 0.5) is 20.3 Å². The number of pyridine rings is 1. The van der Waals surface area contributed by atoms with E-state index in [1.54, 1.807) is 30.5 Å².